The van der Waals surface area contributed by atoms with Crippen molar-refractivity contribution >= 4 is 30.2 Å². The van der Waals surface area contributed by atoms with Crippen molar-refractivity contribution in [3.8, 4) is 0 Å². The third-order valence-corrected chi connectivity index (χ3v) is 3.96. The third kappa shape index (κ3) is 9.77. The lowest BCUT2D eigenvalue weighted by molar-refractivity contribution is -0.161. The number of carbonyl (C=O) groups excluding carboxylic acids is 1. The average Bonchev–Trinajstić information content (AvgIpc) is 2.38. The van der Waals surface area contributed by atoms with E-state index in [4.69, 9.17) is 29.0 Å². The molecule has 2 atom stereocenters. The van der Waals surface area contributed by atoms with Crippen LogP contribution in [0.3, 0.4) is 0 Å². The first-order valence-corrected chi connectivity index (χ1v) is 8.53. The Hall–Kier alpha value is -0.870. The van der Waals surface area contributed by atoms with Gasteiger partial charge in [-0.2, -0.15) is 12.6 Å². The van der Waals surface area contributed by atoms with Crippen molar-refractivity contribution in [2.24, 2.45) is 5.92 Å². The molecule has 0 spiro atoms. The van der Waals surface area contributed by atoms with Crippen LogP contribution in [0.5, 0.6) is 0 Å². The lowest BCUT2D eigenvalue weighted by Crippen LogP contribution is -2.40. The van der Waals surface area contributed by atoms with Crippen molar-refractivity contribution in [1.82, 2.24) is 4.90 Å². The van der Waals surface area contributed by atoms with Gasteiger partial charge in [-0.3, -0.25) is 4.79 Å². The number of thiol groups is 1. The smallest absolute Gasteiger partial charge is 0.309 e. The van der Waals surface area contributed by atoms with Crippen molar-refractivity contribution in [2.45, 2.75) is 57.4 Å². The van der Waals surface area contributed by atoms with E-state index in [1.54, 1.807) is 6.08 Å². The Morgan fingerprint density at radius 3 is 2.39 bits per heavy atom. The topological polar surface area (TPSA) is 29.5 Å². The Morgan fingerprint density at radius 1 is 1.39 bits per heavy atom. The summed E-state index contributed by atoms with van der Waals surface area (Å²) in [5, 5.41) is 0.441. The molecular formula is C18H30ClNO2S. The Balaban J connectivity index is 5.08. The van der Waals surface area contributed by atoms with Crippen molar-refractivity contribution in [3.05, 3.63) is 36.5 Å². The zero-order valence-electron chi connectivity index (χ0n) is 14.9. The first-order valence-electron chi connectivity index (χ1n) is 7.70. The first-order chi connectivity index (χ1) is 10.4. The maximum absolute atomic E-state index is 12.5. The highest BCUT2D eigenvalue weighted by molar-refractivity contribution is 7.81. The molecule has 0 aromatic carbocycles. The second kappa shape index (κ2) is 9.43. The number of hydrogen-bond acceptors (Lipinski definition) is 4. The van der Waals surface area contributed by atoms with E-state index in [9.17, 15) is 4.79 Å². The normalized spacial score (nSPS) is 15.8. The lowest BCUT2D eigenvalue weighted by atomic mass is 9.94. The van der Waals surface area contributed by atoms with Gasteiger partial charge in [-0.05, 0) is 53.0 Å². The minimum atomic E-state index is -0.522. The Bertz CT molecular complexity index is 452. The summed E-state index contributed by atoms with van der Waals surface area (Å²) in [4.78, 5) is 13.9. The fourth-order valence-electron chi connectivity index (χ4n) is 1.97. The molecule has 5 heteroatoms. The molecule has 132 valence electrons. The van der Waals surface area contributed by atoms with Crippen LogP contribution in [-0.4, -0.2) is 28.4 Å². The maximum Gasteiger partial charge on any atom is 0.309 e. The number of nitrogens with zero attached hydrogens (tertiary/aromatic N) is 1. The molecule has 0 fully saturated rings. The average molecular weight is 360 g/mol. The fraction of sp³-hybridized carbons (Fsp3) is 0.611. The van der Waals surface area contributed by atoms with E-state index < -0.39 is 10.5 Å². The molecule has 0 aliphatic carbocycles. The molecule has 0 heterocycles. The SMILES string of the molecule is C=CCCC(CC(C)(S)N(C)/C=C\C(=C)Cl)C(=O)OC(C)(C)C. The van der Waals surface area contributed by atoms with Crippen LogP contribution in [0.15, 0.2) is 36.5 Å². The number of ether oxygens (including phenoxy) is 1. The van der Waals surface area contributed by atoms with E-state index in [1.165, 1.54) is 0 Å². The van der Waals surface area contributed by atoms with Crippen LogP contribution in [0.4, 0.5) is 0 Å². The molecule has 0 bridgehead atoms. The van der Waals surface area contributed by atoms with E-state index in [-0.39, 0.29) is 11.9 Å². The lowest BCUT2D eigenvalue weighted by Gasteiger charge is -2.36. The fourth-order valence-corrected chi connectivity index (χ4v) is 2.31. The van der Waals surface area contributed by atoms with Crippen LogP contribution in [0.25, 0.3) is 0 Å². The molecule has 23 heavy (non-hydrogen) atoms. The maximum atomic E-state index is 12.5. The Labute approximate surface area is 151 Å². The highest BCUT2D eigenvalue weighted by atomic mass is 35.5. The van der Waals surface area contributed by atoms with Gasteiger partial charge in [0, 0.05) is 18.3 Å². The summed E-state index contributed by atoms with van der Waals surface area (Å²) in [7, 11) is 1.89. The molecule has 0 aromatic rings. The molecule has 3 nitrogen and oxygen atoms in total. The van der Waals surface area contributed by atoms with Crippen molar-refractivity contribution in [2.75, 3.05) is 7.05 Å². The highest BCUT2D eigenvalue weighted by Gasteiger charge is 2.33. The van der Waals surface area contributed by atoms with Crippen LogP contribution in [0.2, 0.25) is 0 Å². The highest BCUT2D eigenvalue weighted by Crippen LogP contribution is 2.31. The summed E-state index contributed by atoms with van der Waals surface area (Å²) in [6.07, 6.45) is 7.31. The molecule has 0 aromatic heterocycles. The molecule has 0 N–H and O–H groups in total. The standard InChI is InChI=1S/C18H30ClNO2S/c1-8-9-10-15(16(21)22-17(3,4)5)13-18(6,23)20(7)12-11-14(2)19/h8,11-12,15,23H,1-2,9-10,13H2,3-7H3/b12-11-. The largest absolute Gasteiger partial charge is 0.460 e. The van der Waals surface area contributed by atoms with Crippen LogP contribution >= 0.6 is 24.2 Å². The van der Waals surface area contributed by atoms with Crippen LogP contribution in [0.1, 0.15) is 47.0 Å². The number of esters is 1. The van der Waals surface area contributed by atoms with Gasteiger partial charge in [0.25, 0.3) is 0 Å². The van der Waals surface area contributed by atoms with Crippen molar-refractivity contribution in [1.29, 1.82) is 0 Å². The van der Waals surface area contributed by atoms with Gasteiger partial charge in [0.15, 0.2) is 0 Å². The Morgan fingerprint density at radius 2 is 1.96 bits per heavy atom. The molecule has 0 amide bonds. The number of allylic oxidation sites excluding steroid dienone is 3. The molecule has 2 unspecified atom stereocenters. The molecule has 0 saturated heterocycles. The zero-order chi connectivity index (χ0) is 18.3. The van der Waals surface area contributed by atoms with E-state index in [0.717, 1.165) is 6.42 Å². The second-order valence-electron chi connectivity index (χ2n) is 6.89. The third-order valence-electron chi connectivity index (χ3n) is 3.33. The quantitative estimate of drug-likeness (QED) is 0.203. The zero-order valence-corrected chi connectivity index (χ0v) is 16.6. The predicted molar refractivity (Wildman–Crippen MR) is 103 cm³/mol. The number of halogens is 1. The minimum absolute atomic E-state index is 0.196. The number of hydrogen-bond donors (Lipinski definition) is 1. The van der Waals surface area contributed by atoms with Gasteiger partial charge in [-0.25, -0.2) is 0 Å². The van der Waals surface area contributed by atoms with Gasteiger partial charge in [-0.15, -0.1) is 6.58 Å². The van der Waals surface area contributed by atoms with Gasteiger partial charge in [0.05, 0.1) is 10.8 Å². The summed E-state index contributed by atoms with van der Waals surface area (Å²) < 4.78 is 5.54. The van der Waals surface area contributed by atoms with Gasteiger partial charge < -0.3 is 9.64 Å². The van der Waals surface area contributed by atoms with Gasteiger partial charge in [0.2, 0.25) is 0 Å². The summed E-state index contributed by atoms with van der Waals surface area (Å²) in [5.41, 5.74) is -0.501. The predicted octanol–water partition coefficient (Wildman–Crippen LogP) is 5.14. The van der Waals surface area contributed by atoms with E-state index in [0.29, 0.717) is 17.9 Å². The molecule has 0 saturated carbocycles. The molecular weight excluding hydrogens is 330 g/mol. The number of rotatable bonds is 9. The van der Waals surface area contributed by atoms with E-state index in [1.807, 2.05) is 51.9 Å². The van der Waals surface area contributed by atoms with Gasteiger partial charge >= 0.3 is 5.97 Å². The van der Waals surface area contributed by atoms with Crippen molar-refractivity contribution < 1.29 is 9.53 Å². The summed E-state index contributed by atoms with van der Waals surface area (Å²) in [6.45, 7) is 14.9. The van der Waals surface area contributed by atoms with Gasteiger partial charge in [0.1, 0.15) is 5.60 Å². The van der Waals surface area contributed by atoms with Crippen molar-refractivity contribution in [3.63, 3.8) is 0 Å². The van der Waals surface area contributed by atoms with E-state index in [2.05, 4.69) is 13.2 Å². The second-order valence-corrected chi connectivity index (χ2v) is 8.34. The van der Waals surface area contributed by atoms with Gasteiger partial charge in [-0.1, -0.05) is 24.3 Å². The number of carbonyl (C=O) groups is 1. The summed E-state index contributed by atoms with van der Waals surface area (Å²) >= 11 is 10.5. The van der Waals surface area contributed by atoms with E-state index >= 15 is 0 Å². The molecule has 0 aliphatic rings. The molecule has 0 radical (unpaired) electrons. The monoisotopic (exact) mass is 359 g/mol. The summed E-state index contributed by atoms with van der Waals surface area (Å²) in [5.74, 6) is -0.441. The molecule has 0 aliphatic heterocycles. The summed E-state index contributed by atoms with van der Waals surface area (Å²) in [6, 6.07) is 0. The van der Waals surface area contributed by atoms with Crippen LogP contribution < -0.4 is 0 Å². The Kier molecular flexibility index (Phi) is 9.07. The molecule has 0 rings (SSSR count). The minimum Gasteiger partial charge on any atom is -0.460 e. The van der Waals surface area contributed by atoms with Crippen LogP contribution in [-0.2, 0) is 9.53 Å². The van der Waals surface area contributed by atoms with Crippen LogP contribution in [0, 0.1) is 5.92 Å². The first kappa shape index (κ1) is 22.1.